The Bertz CT molecular complexity index is 1110. The third-order valence-corrected chi connectivity index (χ3v) is 7.79. The average molecular weight is 451 g/mol. The lowest BCUT2D eigenvalue weighted by Crippen LogP contribution is -2.42. The SMILES string of the molecule is Cc1cc(COC2CCN(C(=O)c3ccsc3C3(C)CNCN3)CC2)c2ccccc2n1. The van der Waals surface area contributed by atoms with Crippen LogP contribution < -0.4 is 10.6 Å². The van der Waals surface area contributed by atoms with E-state index in [0.29, 0.717) is 6.61 Å². The van der Waals surface area contributed by atoms with Crippen molar-refractivity contribution in [1.82, 2.24) is 20.5 Å². The van der Waals surface area contributed by atoms with Gasteiger partial charge >= 0.3 is 0 Å². The van der Waals surface area contributed by atoms with Crippen LogP contribution in [0.3, 0.4) is 0 Å². The number of hydrogen-bond acceptors (Lipinski definition) is 6. The van der Waals surface area contributed by atoms with Crippen LogP contribution in [0.4, 0.5) is 0 Å². The zero-order valence-electron chi connectivity index (χ0n) is 18.7. The Morgan fingerprint density at radius 2 is 2.09 bits per heavy atom. The van der Waals surface area contributed by atoms with Crippen molar-refractivity contribution in [1.29, 1.82) is 0 Å². The molecule has 1 atom stereocenters. The van der Waals surface area contributed by atoms with E-state index in [1.165, 1.54) is 5.56 Å². The van der Waals surface area contributed by atoms with Crippen LogP contribution in [0, 0.1) is 6.92 Å². The molecule has 2 saturated heterocycles. The molecule has 2 N–H and O–H groups in total. The second-order valence-electron chi connectivity index (χ2n) is 9.02. The van der Waals surface area contributed by atoms with Gasteiger partial charge in [-0.2, -0.15) is 0 Å². The van der Waals surface area contributed by atoms with Gasteiger partial charge < -0.3 is 15.0 Å². The number of ether oxygens (including phenoxy) is 1. The van der Waals surface area contributed by atoms with Gasteiger partial charge in [0, 0.05) is 42.3 Å². The van der Waals surface area contributed by atoms with Crippen molar-refractivity contribution in [3.05, 3.63) is 63.5 Å². The summed E-state index contributed by atoms with van der Waals surface area (Å²) in [6.45, 7) is 7.85. The molecule has 0 bridgehead atoms. The van der Waals surface area contributed by atoms with Crippen molar-refractivity contribution in [2.45, 2.75) is 44.9 Å². The first-order valence-electron chi connectivity index (χ1n) is 11.3. The lowest BCUT2D eigenvalue weighted by molar-refractivity contribution is -0.0000317. The number of aryl methyl sites for hydroxylation is 1. The standard InChI is InChI=1S/C25H30N4O2S/c1-17-13-18(20-5-3-4-6-22(20)28-17)14-31-19-7-10-29(11-8-19)24(30)21-9-12-32-23(21)25(2)15-26-16-27-25/h3-6,9,12-13,19,26-27H,7-8,10-11,14-16H2,1-2H3. The first kappa shape index (κ1) is 21.5. The third-order valence-electron chi connectivity index (χ3n) is 6.61. The molecule has 2 aliphatic rings. The van der Waals surface area contributed by atoms with E-state index < -0.39 is 0 Å². The number of piperidine rings is 1. The summed E-state index contributed by atoms with van der Waals surface area (Å²) in [6, 6.07) is 12.3. The fraction of sp³-hybridized carbons (Fsp3) is 0.440. The van der Waals surface area contributed by atoms with E-state index in [1.54, 1.807) is 11.3 Å². The Balaban J connectivity index is 1.20. The number of carbonyl (C=O) groups is 1. The molecule has 6 nitrogen and oxygen atoms in total. The lowest BCUT2D eigenvalue weighted by Gasteiger charge is -2.33. The summed E-state index contributed by atoms with van der Waals surface area (Å²) in [7, 11) is 0. The van der Waals surface area contributed by atoms with Crippen LogP contribution in [0.25, 0.3) is 10.9 Å². The summed E-state index contributed by atoms with van der Waals surface area (Å²) in [5, 5.41) is 10.0. The number of likely N-dealkylation sites (tertiary alicyclic amines) is 1. The average Bonchev–Trinajstić information content (AvgIpc) is 3.47. The molecule has 2 aromatic heterocycles. The molecular weight excluding hydrogens is 420 g/mol. The number of thiophene rings is 1. The largest absolute Gasteiger partial charge is 0.373 e. The van der Waals surface area contributed by atoms with Gasteiger partial charge in [0.2, 0.25) is 0 Å². The smallest absolute Gasteiger partial charge is 0.255 e. The number of benzene rings is 1. The van der Waals surface area contributed by atoms with E-state index in [-0.39, 0.29) is 17.6 Å². The highest BCUT2D eigenvalue weighted by Crippen LogP contribution is 2.32. The molecule has 0 saturated carbocycles. The second-order valence-corrected chi connectivity index (χ2v) is 9.93. The molecule has 32 heavy (non-hydrogen) atoms. The predicted octanol–water partition coefficient (Wildman–Crippen LogP) is 3.79. The van der Waals surface area contributed by atoms with Gasteiger partial charge in [0.1, 0.15) is 0 Å². The Morgan fingerprint density at radius 1 is 1.28 bits per heavy atom. The van der Waals surface area contributed by atoms with Crippen molar-refractivity contribution in [2.24, 2.45) is 0 Å². The van der Waals surface area contributed by atoms with Crippen molar-refractivity contribution in [2.75, 3.05) is 26.3 Å². The molecule has 3 aromatic rings. The van der Waals surface area contributed by atoms with E-state index in [2.05, 4.69) is 34.7 Å². The summed E-state index contributed by atoms with van der Waals surface area (Å²) in [6.07, 6.45) is 1.90. The summed E-state index contributed by atoms with van der Waals surface area (Å²) in [4.78, 5) is 21.0. The van der Waals surface area contributed by atoms with Gasteiger partial charge in [-0.1, -0.05) is 18.2 Å². The summed E-state index contributed by atoms with van der Waals surface area (Å²) in [5.41, 5.74) is 3.87. The molecule has 1 unspecified atom stereocenters. The summed E-state index contributed by atoms with van der Waals surface area (Å²) in [5.74, 6) is 0.144. The normalized spacial score (nSPS) is 22.0. The molecule has 2 fully saturated rings. The Morgan fingerprint density at radius 3 is 2.88 bits per heavy atom. The number of carbonyl (C=O) groups excluding carboxylic acids is 1. The molecule has 1 amide bonds. The molecule has 7 heteroatoms. The number of amides is 1. The fourth-order valence-electron chi connectivity index (χ4n) is 4.82. The highest BCUT2D eigenvalue weighted by Gasteiger charge is 2.36. The predicted molar refractivity (Wildman–Crippen MR) is 128 cm³/mol. The maximum atomic E-state index is 13.3. The van der Waals surface area contributed by atoms with Crippen LogP contribution >= 0.6 is 11.3 Å². The van der Waals surface area contributed by atoms with Gasteiger partial charge in [-0.3, -0.25) is 15.1 Å². The van der Waals surface area contributed by atoms with Crippen LogP contribution in [0.15, 0.2) is 41.8 Å². The number of aromatic nitrogens is 1. The lowest BCUT2D eigenvalue weighted by atomic mass is 9.97. The molecule has 0 aliphatic carbocycles. The molecule has 4 heterocycles. The highest BCUT2D eigenvalue weighted by atomic mass is 32.1. The van der Waals surface area contributed by atoms with E-state index in [9.17, 15) is 4.79 Å². The maximum absolute atomic E-state index is 13.3. The highest BCUT2D eigenvalue weighted by molar-refractivity contribution is 7.10. The third kappa shape index (κ3) is 4.18. The molecule has 1 aromatic carbocycles. The first-order valence-corrected chi connectivity index (χ1v) is 12.2. The van der Waals surface area contributed by atoms with Gasteiger partial charge in [0.05, 0.1) is 29.3 Å². The monoisotopic (exact) mass is 450 g/mol. The van der Waals surface area contributed by atoms with Gasteiger partial charge in [0.25, 0.3) is 5.91 Å². The quantitative estimate of drug-likeness (QED) is 0.619. The van der Waals surface area contributed by atoms with Crippen LogP contribution in [0.2, 0.25) is 0 Å². The second kappa shape index (κ2) is 8.90. The van der Waals surface area contributed by atoms with Gasteiger partial charge in [-0.25, -0.2) is 0 Å². The van der Waals surface area contributed by atoms with E-state index in [4.69, 9.17) is 4.74 Å². The fourth-order valence-corrected chi connectivity index (χ4v) is 5.84. The van der Waals surface area contributed by atoms with Gasteiger partial charge in [-0.15, -0.1) is 11.3 Å². The van der Waals surface area contributed by atoms with Crippen LogP contribution in [0.1, 0.15) is 46.3 Å². The number of hydrogen-bond donors (Lipinski definition) is 2. The summed E-state index contributed by atoms with van der Waals surface area (Å²) < 4.78 is 6.29. The van der Waals surface area contributed by atoms with Crippen LogP contribution in [-0.2, 0) is 16.9 Å². The van der Waals surface area contributed by atoms with Crippen LogP contribution in [-0.4, -0.2) is 48.2 Å². The Hall–Kier alpha value is -2.32. The summed E-state index contributed by atoms with van der Waals surface area (Å²) >= 11 is 1.67. The van der Waals surface area contributed by atoms with Crippen molar-refractivity contribution in [3.63, 3.8) is 0 Å². The molecular formula is C25H30N4O2S. The number of nitrogens with zero attached hydrogens (tertiary/aromatic N) is 2. The minimum Gasteiger partial charge on any atom is -0.373 e. The first-order chi connectivity index (χ1) is 15.5. The minimum absolute atomic E-state index is 0.144. The number of rotatable bonds is 5. The topological polar surface area (TPSA) is 66.5 Å². The van der Waals surface area contributed by atoms with Gasteiger partial charge in [0.15, 0.2) is 0 Å². The number of pyridine rings is 1. The molecule has 0 radical (unpaired) electrons. The van der Waals surface area contributed by atoms with E-state index in [0.717, 1.165) is 66.2 Å². The number of nitrogens with one attached hydrogen (secondary N) is 2. The zero-order chi connectivity index (χ0) is 22.1. The number of fused-ring (bicyclic) bond motifs is 1. The van der Waals surface area contributed by atoms with E-state index in [1.807, 2.05) is 41.5 Å². The Kier molecular flexibility index (Phi) is 5.99. The van der Waals surface area contributed by atoms with Gasteiger partial charge in [-0.05, 0) is 55.8 Å². The molecule has 5 rings (SSSR count). The van der Waals surface area contributed by atoms with Crippen LogP contribution in [0.5, 0.6) is 0 Å². The molecule has 2 aliphatic heterocycles. The molecule has 168 valence electrons. The minimum atomic E-state index is -0.175. The zero-order valence-corrected chi connectivity index (χ0v) is 19.5. The van der Waals surface area contributed by atoms with Crippen molar-refractivity contribution < 1.29 is 9.53 Å². The number of para-hydroxylation sites is 1. The van der Waals surface area contributed by atoms with Crippen molar-refractivity contribution in [3.8, 4) is 0 Å². The van der Waals surface area contributed by atoms with Crippen molar-refractivity contribution >= 4 is 28.1 Å². The maximum Gasteiger partial charge on any atom is 0.255 e. The Labute approximate surface area is 193 Å². The molecule has 0 spiro atoms. The van der Waals surface area contributed by atoms with E-state index >= 15 is 0 Å².